The molecule has 0 radical (unpaired) electrons. The van der Waals surface area contributed by atoms with Gasteiger partial charge in [0.25, 0.3) is 0 Å². The van der Waals surface area contributed by atoms with Crippen LogP contribution in [0.25, 0.3) is 0 Å². The Labute approximate surface area is 123 Å². The van der Waals surface area contributed by atoms with Crippen molar-refractivity contribution in [2.45, 2.75) is 19.5 Å². The van der Waals surface area contributed by atoms with Crippen LogP contribution in [0, 0.1) is 0 Å². The Morgan fingerprint density at radius 3 is 1.95 bits per heavy atom. The van der Waals surface area contributed by atoms with Gasteiger partial charge >= 0.3 is 6.18 Å². The second kappa shape index (κ2) is 8.02. The Morgan fingerprint density at radius 2 is 1.57 bits per heavy atom. The standard InChI is InChI=1S/C12H15F3N2.C3H6O/c1-16-6-8-17(9-7-16)11-4-2-10(3-5-11)12(13,14)15;1-2-3-4/h2-5H,6-9H2,1H3;3H,2H2,1H3. The molecule has 0 aliphatic carbocycles. The summed E-state index contributed by atoms with van der Waals surface area (Å²) < 4.78 is 37.2. The Kier molecular flexibility index (Phi) is 6.68. The molecule has 0 aromatic heterocycles. The average molecular weight is 302 g/mol. The lowest BCUT2D eigenvalue weighted by Gasteiger charge is -2.34. The van der Waals surface area contributed by atoms with Gasteiger partial charge in [0.05, 0.1) is 5.56 Å². The van der Waals surface area contributed by atoms with Gasteiger partial charge in [-0.1, -0.05) is 6.92 Å². The third-order valence-electron chi connectivity index (χ3n) is 3.23. The van der Waals surface area contributed by atoms with Crippen LogP contribution in [-0.4, -0.2) is 44.4 Å². The summed E-state index contributed by atoms with van der Waals surface area (Å²) >= 11 is 0. The van der Waals surface area contributed by atoms with E-state index in [1.807, 2.05) is 14.0 Å². The number of alkyl halides is 3. The lowest BCUT2D eigenvalue weighted by atomic mass is 10.1. The molecule has 3 nitrogen and oxygen atoms in total. The summed E-state index contributed by atoms with van der Waals surface area (Å²) in [5.41, 5.74) is 0.279. The quantitative estimate of drug-likeness (QED) is 0.785. The third kappa shape index (κ3) is 5.75. The van der Waals surface area contributed by atoms with E-state index in [0.717, 1.165) is 50.3 Å². The predicted molar refractivity (Wildman–Crippen MR) is 77.5 cm³/mol. The molecule has 0 N–H and O–H groups in total. The van der Waals surface area contributed by atoms with E-state index in [9.17, 15) is 18.0 Å². The Hall–Kier alpha value is -1.56. The van der Waals surface area contributed by atoms with E-state index in [2.05, 4.69) is 9.80 Å². The van der Waals surface area contributed by atoms with Gasteiger partial charge in [0.1, 0.15) is 6.29 Å². The topological polar surface area (TPSA) is 23.6 Å². The molecule has 1 aliphatic heterocycles. The first-order valence-corrected chi connectivity index (χ1v) is 6.93. The van der Waals surface area contributed by atoms with Crippen LogP contribution in [-0.2, 0) is 11.0 Å². The highest BCUT2D eigenvalue weighted by atomic mass is 19.4. The minimum atomic E-state index is -4.25. The van der Waals surface area contributed by atoms with Gasteiger partial charge in [0, 0.05) is 38.3 Å². The molecular weight excluding hydrogens is 281 g/mol. The van der Waals surface area contributed by atoms with Gasteiger partial charge < -0.3 is 14.6 Å². The number of piperazine rings is 1. The zero-order valence-electron chi connectivity index (χ0n) is 12.4. The molecule has 0 amide bonds. The number of hydrogen-bond donors (Lipinski definition) is 0. The monoisotopic (exact) mass is 302 g/mol. The zero-order chi connectivity index (χ0) is 15.9. The first-order chi connectivity index (χ1) is 9.88. The fraction of sp³-hybridized carbons (Fsp3) is 0.533. The molecule has 1 saturated heterocycles. The number of carbonyl (C=O) groups is 1. The van der Waals surface area contributed by atoms with Crippen molar-refractivity contribution in [2.24, 2.45) is 0 Å². The lowest BCUT2D eigenvalue weighted by Crippen LogP contribution is -2.44. The second-order valence-electron chi connectivity index (χ2n) is 4.91. The van der Waals surface area contributed by atoms with Crippen LogP contribution in [0.2, 0.25) is 0 Å². The van der Waals surface area contributed by atoms with Crippen LogP contribution in [0.15, 0.2) is 24.3 Å². The average Bonchev–Trinajstić information content (AvgIpc) is 2.47. The molecule has 6 heteroatoms. The second-order valence-corrected chi connectivity index (χ2v) is 4.91. The summed E-state index contributed by atoms with van der Waals surface area (Å²) in [6.45, 7) is 5.43. The lowest BCUT2D eigenvalue weighted by molar-refractivity contribution is -0.137. The molecule has 1 fully saturated rings. The molecule has 0 bridgehead atoms. The summed E-state index contributed by atoms with van der Waals surface area (Å²) in [6.07, 6.45) is -2.74. The fourth-order valence-electron chi connectivity index (χ4n) is 1.93. The van der Waals surface area contributed by atoms with E-state index in [-0.39, 0.29) is 0 Å². The molecule has 21 heavy (non-hydrogen) atoms. The van der Waals surface area contributed by atoms with Gasteiger partial charge in [0.2, 0.25) is 0 Å². The summed E-state index contributed by atoms with van der Waals surface area (Å²) in [5.74, 6) is 0. The highest BCUT2D eigenvalue weighted by Crippen LogP contribution is 2.30. The molecule has 0 unspecified atom stereocenters. The van der Waals surface area contributed by atoms with Gasteiger partial charge in [-0.3, -0.25) is 0 Å². The maximum atomic E-state index is 12.4. The van der Waals surface area contributed by atoms with Crippen LogP contribution in [0.1, 0.15) is 18.9 Å². The van der Waals surface area contributed by atoms with Crippen molar-refractivity contribution in [3.05, 3.63) is 29.8 Å². The minimum absolute atomic E-state index is 0.588. The van der Waals surface area contributed by atoms with Crippen molar-refractivity contribution in [2.75, 3.05) is 38.1 Å². The van der Waals surface area contributed by atoms with Crippen molar-refractivity contribution < 1.29 is 18.0 Å². The number of likely N-dealkylation sites (N-methyl/N-ethyl adjacent to an activating group) is 1. The molecule has 118 valence electrons. The number of halogens is 3. The number of nitrogens with zero attached hydrogens (tertiary/aromatic N) is 2. The smallest absolute Gasteiger partial charge is 0.369 e. The number of hydrogen-bond acceptors (Lipinski definition) is 3. The summed E-state index contributed by atoms with van der Waals surface area (Å²) in [6, 6.07) is 5.39. The van der Waals surface area contributed by atoms with E-state index in [1.165, 1.54) is 0 Å². The van der Waals surface area contributed by atoms with E-state index in [0.29, 0.717) is 6.42 Å². The molecule has 2 rings (SSSR count). The summed E-state index contributed by atoms with van der Waals surface area (Å²) in [7, 11) is 2.05. The van der Waals surface area contributed by atoms with E-state index < -0.39 is 11.7 Å². The van der Waals surface area contributed by atoms with E-state index in [4.69, 9.17) is 0 Å². The van der Waals surface area contributed by atoms with Crippen molar-refractivity contribution >= 4 is 12.0 Å². The molecule has 1 aromatic carbocycles. The van der Waals surface area contributed by atoms with Gasteiger partial charge in [-0.15, -0.1) is 0 Å². The normalized spacial score (nSPS) is 16.1. The summed E-state index contributed by atoms with van der Waals surface area (Å²) in [4.78, 5) is 13.5. The molecule has 0 spiro atoms. The first kappa shape index (κ1) is 17.5. The predicted octanol–water partition coefficient (Wildman–Crippen LogP) is 3.05. The highest BCUT2D eigenvalue weighted by molar-refractivity contribution is 5.48. The molecule has 0 saturated carbocycles. The van der Waals surface area contributed by atoms with Crippen molar-refractivity contribution in [3.8, 4) is 0 Å². The molecule has 1 aliphatic rings. The number of aldehydes is 1. The fourth-order valence-corrected chi connectivity index (χ4v) is 1.93. The van der Waals surface area contributed by atoms with Crippen LogP contribution < -0.4 is 4.90 Å². The maximum absolute atomic E-state index is 12.4. The SMILES string of the molecule is CCC=O.CN1CCN(c2ccc(C(F)(F)F)cc2)CC1. The minimum Gasteiger partial charge on any atom is -0.369 e. The van der Waals surface area contributed by atoms with Crippen LogP contribution in [0.4, 0.5) is 18.9 Å². The van der Waals surface area contributed by atoms with Crippen LogP contribution in [0.3, 0.4) is 0 Å². The molecule has 0 atom stereocenters. The molecule has 1 aromatic rings. The van der Waals surface area contributed by atoms with Crippen molar-refractivity contribution in [1.82, 2.24) is 4.90 Å². The van der Waals surface area contributed by atoms with Gasteiger partial charge in [-0.05, 0) is 31.3 Å². The number of rotatable bonds is 2. The highest BCUT2D eigenvalue weighted by Gasteiger charge is 2.30. The zero-order valence-corrected chi connectivity index (χ0v) is 12.4. The third-order valence-corrected chi connectivity index (χ3v) is 3.23. The largest absolute Gasteiger partial charge is 0.416 e. The van der Waals surface area contributed by atoms with Gasteiger partial charge in [-0.25, -0.2) is 0 Å². The Balaban J connectivity index is 0.000000491. The van der Waals surface area contributed by atoms with Crippen molar-refractivity contribution in [3.63, 3.8) is 0 Å². The maximum Gasteiger partial charge on any atom is 0.416 e. The van der Waals surface area contributed by atoms with Crippen LogP contribution >= 0.6 is 0 Å². The van der Waals surface area contributed by atoms with E-state index in [1.54, 1.807) is 12.1 Å². The number of anilines is 1. The van der Waals surface area contributed by atoms with Gasteiger partial charge in [0.15, 0.2) is 0 Å². The number of benzene rings is 1. The van der Waals surface area contributed by atoms with Gasteiger partial charge in [-0.2, -0.15) is 13.2 Å². The Morgan fingerprint density at radius 1 is 1.10 bits per heavy atom. The molecular formula is C15H21F3N2O. The first-order valence-electron chi connectivity index (χ1n) is 6.93. The summed E-state index contributed by atoms with van der Waals surface area (Å²) in [5, 5.41) is 0. The molecule has 1 heterocycles. The van der Waals surface area contributed by atoms with E-state index >= 15 is 0 Å². The van der Waals surface area contributed by atoms with Crippen molar-refractivity contribution in [1.29, 1.82) is 0 Å². The van der Waals surface area contributed by atoms with Crippen LogP contribution in [0.5, 0.6) is 0 Å². The number of carbonyl (C=O) groups excluding carboxylic acids is 1. The Bertz CT molecular complexity index is 424.